The molecule has 0 radical (unpaired) electrons. The Kier molecular flexibility index (Phi) is 3.69. The van der Waals surface area contributed by atoms with Gasteiger partial charge >= 0.3 is 0 Å². The van der Waals surface area contributed by atoms with Gasteiger partial charge in [0.1, 0.15) is 0 Å². The summed E-state index contributed by atoms with van der Waals surface area (Å²) in [6, 6.07) is 19.2. The molecule has 0 spiro atoms. The van der Waals surface area contributed by atoms with Crippen molar-refractivity contribution in [3.8, 4) is 6.07 Å². The number of rotatable bonds is 3. The molecule has 124 valence electrons. The lowest BCUT2D eigenvalue weighted by Gasteiger charge is -2.47. The van der Waals surface area contributed by atoms with Gasteiger partial charge in [0.25, 0.3) is 0 Å². The first-order chi connectivity index (χ1) is 12.1. The quantitative estimate of drug-likeness (QED) is 0.728. The Balaban J connectivity index is 1.74. The van der Waals surface area contributed by atoms with Crippen LogP contribution in [0.25, 0.3) is 10.9 Å². The second-order valence-electron chi connectivity index (χ2n) is 7.10. The van der Waals surface area contributed by atoms with E-state index in [9.17, 15) is 5.26 Å². The molecule has 0 bridgehead atoms. The number of nitrogens with zero attached hydrogens (tertiary/aromatic N) is 2. The molecule has 1 heterocycles. The van der Waals surface area contributed by atoms with Crippen LogP contribution in [0, 0.1) is 31.1 Å². The van der Waals surface area contributed by atoms with E-state index in [4.69, 9.17) is 0 Å². The maximum Gasteiger partial charge on any atom is 0.0722 e. The molecule has 1 saturated carbocycles. The monoisotopic (exact) mass is 327 g/mol. The van der Waals surface area contributed by atoms with E-state index in [-0.39, 0.29) is 11.5 Å². The van der Waals surface area contributed by atoms with Crippen LogP contribution in [0.1, 0.15) is 29.5 Å². The standard InChI is InChI=1S/C22H21N3/c1-15-5-3-7-20(16(15)2)22(12-17(13-22)14-23)25-19-9-8-18-6-4-10-24-21(18)11-19/h3-11,17,25H,12-13H2,1-2H3. The van der Waals surface area contributed by atoms with Crippen molar-refractivity contribution < 1.29 is 0 Å². The minimum absolute atomic E-state index is 0.117. The summed E-state index contributed by atoms with van der Waals surface area (Å²) in [7, 11) is 0. The molecule has 0 saturated heterocycles. The fourth-order valence-electron chi connectivity index (χ4n) is 3.95. The van der Waals surface area contributed by atoms with Gasteiger partial charge in [0.2, 0.25) is 0 Å². The summed E-state index contributed by atoms with van der Waals surface area (Å²) in [4.78, 5) is 4.46. The van der Waals surface area contributed by atoms with Crippen LogP contribution in [-0.4, -0.2) is 4.98 Å². The van der Waals surface area contributed by atoms with Gasteiger partial charge < -0.3 is 5.32 Å². The molecule has 2 aromatic carbocycles. The van der Waals surface area contributed by atoms with Gasteiger partial charge in [0.05, 0.1) is 23.0 Å². The highest BCUT2D eigenvalue weighted by Gasteiger charge is 2.46. The molecule has 0 atom stereocenters. The Morgan fingerprint density at radius 3 is 2.76 bits per heavy atom. The van der Waals surface area contributed by atoms with Gasteiger partial charge in [-0.3, -0.25) is 4.98 Å². The van der Waals surface area contributed by atoms with Crippen molar-refractivity contribution in [3.05, 3.63) is 71.4 Å². The van der Waals surface area contributed by atoms with E-state index in [1.165, 1.54) is 16.7 Å². The average molecular weight is 327 g/mol. The SMILES string of the molecule is Cc1cccc(C2(Nc3ccc4cccnc4c3)CC(C#N)C2)c1C. The lowest BCUT2D eigenvalue weighted by atomic mass is 9.64. The van der Waals surface area contributed by atoms with Crippen molar-refractivity contribution in [1.29, 1.82) is 5.26 Å². The van der Waals surface area contributed by atoms with E-state index < -0.39 is 0 Å². The zero-order chi connectivity index (χ0) is 17.4. The molecule has 3 heteroatoms. The fourth-order valence-corrected chi connectivity index (χ4v) is 3.95. The van der Waals surface area contributed by atoms with Crippen molar-refractivity contribution in [2.75, 3.05) is 5.32 Å². The Morgan fingerprint density at radius 2 is 1.96 bits per heavy atom. The number of hydrogen-bond donors (Lipinski definition) is 1. The average Bonchev–Trinajstić information content (AvgIpc) is 2.60. The van der Waals surface area contributed by atoms with Crippen LogP contribution >= 0.6 is 0 Å². The number of anilines is 1. The Hall–Kier alpha value is -2.86. The summed E-state index contributed by atoms with van der Waals surface area (Å²) in [5, 5.41) is 14.2. The Labute approximate surface area is 148 Å². The van der Waals surface area contributed by atoms with E-state index in [1.807, 2.05) is 12.3 Å². The first kappa shape index (κ1) is 15.7. The summed E-state index contributed by atoms with van der Waals surface area (Å²) >= 11 is 0. The van der Waals surface area contributed by atoms with Gasteiger partial charge in [0.15, 0.2) is 0 Å². The van der Waals surface area contributed by atoms with Crippen LogP contribution in [0.15, 0.2) is 54.7 Å². The second kappa shape index (κ2) is 5.89. The normalized spacial score (nSPS) is 22.2. The van der Waals surface area contributed by atoms with Gasteiger partial charge in [-0.1, -0.05) is 30.3 Å². The summed E-state index contributed by atoms with van der Waals surface area (Å²) in [5.41, 5.74) is 5.78. The topological polar surface area (TPSA) is 48.7 Å². The van der Waals surface area contributed by atoms with Gasteiger partial charge in [-0.05, 0) is 61.6 Å². The zero-order valence-corrected chi connectivity index (χ0v) is 14.6. The number of benzene rings is 2. The van der Waals surface area contributed by atoms with Gasteiger partial charge in [0, 0.05) is 17.3 Å². The fraction of sp³-hybridized carbons (Fsp3) is 0.273. The van der Waals surface area contributed by atoms with Gasteiger partial charge in [-0.25, -0.2) is 0 Å². The number of fused-ring (bicyclic) bond motifs is 1. The van der Waals surface area contributed by atoms with Gasteiger partial charge in [-0.15, -0.1) is 0 Å². The molecule has 0 unspecified atom stereocenters. The summed E-state index contributed by atoms with van der Waals surface area (Å²) in [6.45, 7) is 4.32. The predicted molar refractivity (Wildman–Crippen MR) is 101 cm³/mol. The third-order valence-corrected chi connectivity index (χ3v) is 5.48. The number of hydrogen-bond acceptors (Lipinski definition) is 3. The van der Waals surface area contributed by atoms with Crippen LogP contribution < -0.4 is 5.32 Å². The number of aryl methyl sites for hydroxylation is 1. The van der Waals surface area contributed by atoms with Crippen LogP contribution in [-0.2, 0) is 5.54 Å². The molecule has 1 N–H and O–H groups in total. The lowest BCUT2D eigenvalue weighted by Crippen LogP contribution is -2.47. The number of nitrogens with one attached hydrogen (secondary N) is 1. The van der Waals surface area contributed by atoms with Crippen molar-refractivity contribution in [3.63, 3.8) is 0 Å². The number of pyridine rings is 1. The zero-order valence-electron chi connectivity index (χ0n) is 14.6. The van der Waals surface area contributed by atoms with Crippen molar-refractivity contribution in [2.24, 2.45) is 5.92 Å². The van der Waals surface area contributed by atoms with E-state index in [2.05, 4.69) is 72.7 Å². The summed E-state index contributed by atoms with van der Waals surface area (Å²) < 4.78 is 0. The van der Waals surface area contributed by atoms with Crippen LogP contribution in [0.4, 0.5) is 5.69 Å². The molecular formula is C22H21N3. The first-order valence-corrected chi connectivity index (χ1v) is 8.71. The third kappa shape index (κ3) is 2.64. The highest BCUT2D eigenvalue weighted by molar-refractivity contribution is 5.82. The van der Waals surface area contributed by atoms with Gasteiger partial charge in [-0.2, -0.15) is 5.26 Å². The summed E-state index contributed by atoms with van der Waals surface area (Å²) in [5.74, 6) is 0.117. The van der Waals surface area contributed by atoms with Crippen LogP contribution in [0.5, 0.6) is 0 Å². The van der Waals surface area contributed by atoms with Crippen molar-refractivity contribution in [2.45, 2.75) is 32.2 Å². The molecule has 25 heavy (non-hydrogen) atoms. The molecule has 0 amide bonds. The molecular weight excluding hydrogens is 306 g/mol. The lowest BCUT2D eigenvalue weighted by molar-refractivity contribution is 0.218. The highest BCUT2D eigenvalue weighted by Crippen LogP contribution is 2.49. The van der Waals surface area contributed by atoms with E-state index in [1.54, 1.807) is 0 Å². The molecule has 1 fully saturated rings. The Bertz CT molecular complexity index is 978. The van der Waals surface area contributed by atoms with Crippen molar-refractivity contribution >= 4 is 16.6 Å². The number of nitriles is 1. The van der Waals surface area contributed by atoms with E-state index in [0.29, 0.717) is 0 Å². The molecule has 0 aliphatic heterocycles. The van der Waals surface area contributed by atoms with Crippen LogP contribution in [0.2, 0.25) is 0 Å². The predicted octanol–water partition coefficient (Wildman–Crippen LogP) is 5.09. The maximum atomic E-state index is 9.31. The third-order valence-electron chi connectivity index (χ3n) is 5.48. The molecule has 3 aromatic rings. The van der Waals surface area contributed by atoms with Crippen molar-refractivity contribution in [1.82, 2.24) is 4.98 Å². The first-order valence-electron chi connectivity index (χ1n) is 8.71. The van der Waals surface area contributed by atoms with E-state index >= 15 is 0 Å². The maximum absolute atomic E-state index is 9.31. The smallest absolute Gasteiger partial charge is 0.0722 e. The highest BCUT2D eigenvalue weighted by atomic mass is 15.0. The molecule has 3 nitrogen and oxygen atoms in total. The molecule has 4 rings (SSSR count). The minimum Gasteiger partial charge on any atom is -0.375 e. The summed E-state index contributed by atoms with van der Waals surface area (Å²) in [6.07, 6.45) is 3.50. The molecule has 1 aromatic heterocycles. The molecule has 1 aliphatic rings. The Morgan fingerprint density at radius 1 is 1.12 bits per heavy atom. The minimum atomic E-state index is -0.168. The molecule has 1 aliphatic carbocycles. The second-order valence-corrected chi connectivity index (χ2v) is 7.10. The number of aromatic nitrogens is 1. The van der Waals surface area contributed by atoms with E-state index in [0.717, 1.165) is 29.4 Å². The van der Waals surface area contributed by atoms with Crippen LogP contribution in [0.3, 0.4) is 0 Å². The largest absolute Gasteiger partial charge is 0.375 e.